The molecule has 0 aliphatic carbocycles. The monoisotopic (exact) mass is 415 g/mol. The van der Waals surface area contributed by atoms with Gasteiger partial charge in [-0.1, -0.05) is 54.1 Å². The summed E-state index contributed by atoms with van der Waals surface area (Å²) in [4.78, 5) is 15.1. The van der Waals surface area contributed by atoms with Crippen molar-refractivity contribution in [3.63, 3.8) is 0 Å². The smallest absolute Gasteiger partial charge is 0.231 e. The van der Waals surface area contributed by atoms with Gasteiger partial charge < -0.3 is 14.4 Å². The second-order valence-corrected chi connectivity index (χ2v) is 7.33. The third kappa shape index (κ3) is 6.48. The molecule has 0 bridgehead atoms. The molecule has 0 fully saturated rings. The van der Waals surface area contributed by atoms with Crippen LogP contribution in [-0.2, 0) is 11.2 Å². The van der Waals surface area contributed by atoms with E-state index in [0.717, 1.165) is 33.9 Å². The topological polar surface area (TPSA) is 38.8 Å². The lowest BCUT2D eigenvalue weighted by Gasteiger charge is -2.24. The first-order valence-corrected chi connectivity index (χ1v) is 10.5. The van der Waals surface area contributed by atoms with Gasteiger partial charge in [0.05, 0.1) is 20.1 Å². The van der Waals surface area contributed by atoms with Crippen LogP contribution in [0.1, 0.15) is 25.0 Å². The summed E-state index contributed by atoms with van der Waals surface area (Å²) >= 11 is 0. The number of carbonyl (C=O) groups excluding carboxylic acids is 1. The second-order valence-electron chi connectivity index (χ2n) is 7.33. The maximum Gasteiger partial charge on any atom is 0.231 e. The quantitative estimate of drug-likeness (QED) is 0.445. The Bertz CT molecular complexity index is 993. The zero-order valence-electron chi connectivity index (χ0n) is 18.4. The predicted octanol–water partition coefficient (Wildman–Crippen LogP) is 5.77. The number of amides is 1. The van der Waals surface area contributed by atoms with Crippen molar-refractivity contribution >= 4 is 17.7 Å². The fourth-order valence-corrected chi connectivity index (χ4v) is 3.35. The van der Waals surface area contributed by atoms with Crippen LogP contribution in [0, 0.1) is 0 Å². The van der Waals surface area contributed by atoms with E-state index < -0.39 is 0 Å². The molecule has 0 saturated heterocycles. The predicted molar refractivity (Wildman–Crippen MR) is 127 cm³/mol. The van der Waals surface area contributed by atoms with E-state index >= 15 is 0 Å². The van der Waals surface area contributed by atoms with E-state index in [-0.39, 0.29) is 5.91 Å². The largest absolute Gasteiger partial charge is 0.497 e. The number of carbonyl (C=O) groups is 1. The van der Waals surface area contributed by atoms with Crippen LogP contribution in [-0.4, -0.2) is 26.2 Å². The Morgan fingerprint density at radius 1 is 0.903 bits per heavy atom. The first-order valence-electron chi connectivity index (χ1n) is 10.5. The molecule has 3 rings (SSSR count). The Morgan fingerprint density at radius 3 is 2.16 bits per heavy atom. The van der Waals surface area contributed by atoms with Crippen LogP contribution in [0.4, 0.5) is 5.69 Å². The fourth-order valence-electron chi connectivity index (χ4n) is 3.35. The van der Waals surface area contributed by atoms with E-state index in [1.54, 1.807) is 7.11 Å². The lowest BCUT2D eigenvalue weighted by molar-refractivity contribution is -0.117. The molecule has 3 aromatic carbocycles. The first kappa shape index (κ1) is 22.2. The van der Waals surface area contributed by atoms with Gasteiger partial charge in [-0.2, -0.15) is 0 Å². The Balaban J connectivity index is 1.83. The number of anilines is 1. The minimum atomic E-state index is 0.0372. The van der Waals surface area contributed by atoms with E-state index in [2.05, 4.69) is 25.1 Å². The SMILES string of the molecule is CCOc1ccc(N(C/C(C)=C/c2ccccc2)C(=O)Cc2ccc(OC)cc2)cc1. The minimum Gasteiger partial charge on any atom is -0.497 e. The maximum atomic E-state index is 13.3. The van der Waals surface area contributed by atoms with Gasteiger partial charge in [-0.15, -0.1) is 0 Å². The van der Waals surface area contributed by atoms with Gasteiger partial charge in [0.25, 0.3) is 0 Å². The van der Waals surface area contributed by atoms with Crippen LogP contribution in [0.2, 0.25) is 0 Å². The first-order chi connectivity index (χ1) is 15.1. The molecule has 4 heteroatoms. The van der Waals surface area contributed by atoms with Crippen LogP contribution in [0.15, 0.2) is 84.4 Å². The molecular weight excluding hydrogens is 386 g/mol. The van der Waals surface area contributed by atoms with E-state index in [9.17, 15) is 4.79 Å². The summed E-state index contributed by atoms with van der Waals surface area (Å²) in [7, 11) is 1.63. The summed E-state index contributed by atoms with van der Waals surface area (Å²) in [5.74, 6) is 1.61. The third-order valence-electron chi connectivity index (χ3n) is 4.90. The van der Waals surface area contributed by atoms with Gasteiger partial charge >= 0.3 is 0 Å². The Morgan fingerprint density at radius 2 is 1.55 bits per heavy atom. The normalized spacial score (nSPS) is 11.1. The van der Waals surface area contributed by atoms with Crippen molar-refractivity contribution in [1.29, 1.82) is 0 Å². The molecule has 0 aliphatic rings. The number of nitrogens with zero attached hydrogens (tertiary/aromatic N) is 1. The lowest BCUT2D eigenvalue weighted by Crippen LogP contribution is -2.33. The zero-order valence-corrected chi connectivity index (χ0v) is 18.4. The molecule has 160 valence electrons. The summed E-state index contributed by atoms with van der Waals surface area (Å²) in [5, 5.41) is 0. The highest BCUT2D eigenvalue weighted by atomic mass is 16.5. The molecule has 1 amide bonds. The molecule has 31 heavy (non-hydrogen) atoms. The molecule has 3 aromatic rings. The van der Waals surface area contributed by atoms with Gasteiger partial charge in [0.2, 0.25) is 5.91 Å². The summed E-state index contributed by atoms with van der Waals surface area (Å²) in [6.45, 7) is 5.13. The molecule has 0 aliphatic heterocycles. The number of benzene rings is 3. The summed E-state index contributed by atoms with van der Waals surface area (Å²) in [6, 6.07) is 25.4. The van der Waals surface area contributed by atoms with E-state index in [1.165, 1.54) is 0 Å². The van der Waals surface area contributed by atoms with Gasteiger partial charge in [-0.25, -0.2) is 0 Å². The van der Waals surface area contributed by atoms with Crippen molar-refractivity contribution in [1.82, 2.24) is 0 Å². The van der Waals surface area contributed by atoms with Gasteiger partial charge in [0.1, 0.15) is 11.5 Å². The van der Waals surface area contributed by atoms with Crippen LogP contribution < -0.4 is 14.4 Å². The molecule has 0 spiro atoms. The Labute approximate surface area is 184 Å². The van der Waals surface area contributed by atoms with Crippen LogP contribution >= 0.6 is 0 Å². The number of ether oxygens (including phenoxy) is 2. The second kappa shape index (κ2) is 11.0. The van der Waals surface area contributed by atoms with Crippen molar-refractivity contribution in [2.24, 2.45) is 0 Å². The van der Waals surface area contributed by atoms with Crippen molar-refractivity contribution in [2.75, 3.05) is 25.2 Å². The summed E-state index contributed by atoms with van der Waals surface area (Å²) < 4.78 is 10.8. The number of methoxy groups -OCH3 is 1. The van der Waals surface area contributed by atoms with Crippen molar-refractivity contribution in [3.05, 3.63) is 95.6 Å². The Kier molecular flexibility index (Phi) is 7.88. The van der Waals surface area contributed by atoms with E-state index in [4.69, 9.17) is 9.47 Å². The lowest BCUT2D eigenvalue weighted by atomic mass is 10.1. The molecule has 0 radical (unpaired) electrons. The molecule has 0 atom stereocenters. The van der Waals surface area contributed by atoms with Gasteiger partial charge in [0, 0.05) is 12.2 Å². The zero-order chi connectivity index (χ0) is 22.1. The molecule has 0 aromatic heterocycles. The van der Waals surface area contributed by atoms with Crippen molar-refractivity contribution in [3.8, 4) is 11.5 Å². The van der Waals surface area contributed by atoms with E-state index in [1.807, 2.05) is 78.6 Å². The average Bonchev–Trinajstić information content (AvgIpc) is 2.79. The summed E-state index contributed by atoms with van der Waals surface area (Å²) in [5.41, 5.74) is 4.02. The third-order valence-corrected chi connectivity index (χ3v) is 4.90. The number of hydrogen-bond acceptors (Lipinski definition) is 3. The highest BCUT2D eigenvalue weighted by Gasteiger charge is 2.17. The molecule has 4 nitrogen and oxygen atoms in total. The van der Waals surface area contributed by atoms with Crippen LogP contribution in [0.25, 0.3) is 6.08 Å². The average molecular weight is 416 g/mol. The molecule has 0 heterocycles. The maximum absolute atomic E-state index is 13.3. The number of rotatable bonds is 9. The standard InChI is InChI=1S/C27H29NO3/c1-4-31-26-16-12-24(13-17-26)28(20-21(2)18-22-8-6-5-7-9-22)27(29)19-23-10-14-25(30-3)15-11-23/h5-18H,4,19-20H2,1-3H3/b21-18+. The highest BCUT2D eigenvalue weighted by Crippen LogP contribution is 2.23. The Hall–Kier alpha value is -3.53. The van der Waals surface area contributed by atoms with Gasteiger partial charge in [-0.3, -0.25) is 4.79 Å². The van der Waals surface area contributed by atoms with Gasteiger partial charge in [-0.05, 0) is 61.4 Å². The summed E-state index contributed by atoms with van der Waals surface area (Å²) in [6.07, 6.45) is 2.43. The van der Waals surface area contributed by atoms with Gasteiger partial charge in [0.15, 0.2) is 0 Å². The molecule has 0 unspecified atom stereocenters. The highest BCUT2D eigenvalue weighted by molar-refractivity contribution is 5.95. The fraction of sp³-hybridized carbons (Fsp3) is 0.222. The van der Waals surface area contributed by atoms with Crippen LogP contribution in [0.5, 0.6) is 11.5 Å². The van der Waals surface area contributed by atoms with Crippen molar-refractivity contribution < 1.29 is 14.3 Å². The minimum absolute atomic E-state index is 0.0372. The van der Waals surface area contributed by atoms with E-state index in [0.29, 0.717) is 19.6 Å². The molecule has 0 saturated carbocycles. The van der Waals surface area contributed by atoms with Crippen molar-refractivity contribution in [2.45, 2.75) is 20.3 Å². The molecule has 0 N–H and O–H groups in total. The molecular formula is C27H29NO3. The van der Waals surface area contributed by atoms with Crippen LogP contribution in [0.3, 0.4) is 0 Å². The number of hydrogen-bond donors (Lipinski definition) is 0.